The lowest BCUT2D eigenvalue weighted by Crippen LogP contribution is -2.58. The maximum atomic E-state index is 15.0. The number of aryl methyl sites for hydroxylation is 1. The molecular formula is C54H58O8. The molecule has 0 unspecified atom stereocenters. The Morgan fingerprint density at radius 2 is 1.55 bits per heavy atom. The number of rotatable bonds is 5. The maximum absolute atomic E-state index is 15.0. The minimum atomic E-state index is -1.15. The molecule has 6 atom stereocenters. The SMILES string of the molecule is CC(C)=C1CCc2ccc(cc2)[C@H]2CC[C@H](c3cccc(Cc4ccccc4)c3)C[C@@H]2CC(=O)O[C@@H]2c3c(ccc4c(CO)cc(=O)oc34)O[C@@](C)(C3CCCCC3)[C@H]2OC1=O. The van der Waals surface area contributed by atoms with Gasteiger partial charge in [-0.3, -0.25) is 4.79 Å². The summed E-state index contributed by atoms with van der Waals surface area (Å²) >= 11 is 0. The predicted molar refractivity (Wildman–Crippen MR) is 239 cm³/mol. The van der Waals surface area contributed by atoms with E-state index in [4.69, 9.17) is 18.6 Å². The van der Waals surface area contributed by atoms with Gasteiger partial charge in [-0.1, -0.05) is 104 Å². The molecule has 322 valence electrons. The highest BCUT2D eigenvalue weighted by Gasteiger charge is 2.56. The molecule has 4 aromatic carbocycles. The Hall–Kier alpha value is -5.47. The van der Waals surface area contributed by atoms with Gasteiger partial charge in [-0.05, 0) is 135 Å². The molecule has 0 spiro atoms. The predicted octanol–water partition coefficient (Wildman–Crippen LogP) is 11.1. The van der Waals surface area contributed by atoms with Crippen molar-refractivity contribution in [3.05, 3.63) is 158 Å². The van der Waals surface area contributed by atoms with Crippen molar-refractivity contribution in [2.75, 3.05) is 0 Å². The molecule has 5 aliphatic rings. The standard InChI is InChI=1S/C54H58O8/c1-33(2)43-23-19-34-17-20-37(21-18-34)44-24-22-39(38-14-10-13-36(28-38)27-35-11-6-4-7-12-35)29-40(44)30-47(56)60-51-49-46(26-25-45-41(32-55)31-48(57)59-50(45)49)62-54(3,52(51)61-53(43)58)42-15-8-5-9-16-42/h4,6-7,10-14,17-18,20-21,25-26,28,31,39-40,42,44,51-52,55H,5,8-9,15-16,19,22-24,27,29-30,32H2,1-3H3/t39-,40+,44+,51+,52-,54-/m0/s1. The van der Waals surface area contributed by atoms with Crippen LogP contribution in [0.1, 0.15) is 142 Å². The average molecular weight is 835 g/mol. The van der Waals surface area contributed by atoms with Gasteiger partial charge in [0.2, 0.25) is 0 Å². The molecule has 2 bridgehead atoms. The third-order valence-corrected chi connectivity index (χ3v) is 14.5. The minimum Gasteiger partial charge on any atom is -0.483 e. The lowest BCUT2D eigenvalue weighted by Gasteiger charge is -2.50. The molecule has 2 aliphatic carbocycles. The van der Waals surface area contributed by atoms with Crippen molar-refractivity contribution in [3.8, 4) is 5.75 Å². The largest absolute Gasteiger partial charge is 0.483 e. The number of ether oxygens (including phenoxy) is 3. The smallest absolute Gasteiger partial charge is 0.336 e. The van der Waals surface area contributed by atoms with Crippen molar-refractivity contribution < 1.29 is 33.3 Å². The zero-order chi connectivity index (χ0) is 43.0. The van der Waals surface area contributed by atoms with E-state index in [1.807, 2.05) is 26.8 Å². The molecule has 0 radical (unpaired) electrons. The Kier molecular flexibility index (Phi) is 12.0. The second kappa shape index (κ2) is 17.7. The quantitative estimate of drug-likeness (QED) is 0.106. The summed E-state index contributed by atoms with van der Waals surface area (Å²) in [6.07, 6.45) is 7.49. The molecule has 0 amide bonds. The second-order valence-electron chi connectivity index (χ2n) is 18.7. The van der Waals surface area contributed by atoms with Crippen LogP contribution in [0.5, 0.6) is 5.75 Å². The first kappa shape index (κ1) is 41.9. The monoisotopic (exact) mass is 834 g/mol. The van der Waals surface area contributed by atoms with Gasteiger partial charge in [0.1, 0.15) is 16.9 Å². The van der Waals surface area contributed by atoms with Crippen LogP contribution in [0.2, 0.25) is 0 Å². The van der Waals surface area contributed by atoms with E-state index in [0.717, 1.165) is 68.9 Å². The van der Waals surface area contributed by atoms with Gasteiger partial charge < -0.3 is 23.7 Å². The molecule has 4 heterocycles. The summed E-state index contributed by atoms with van der Waals surface area (Å²) in [6.45, 7) is 5.45. The van der Waals surface area contributed by atoms with Crippen LogP contribution < -0.4 is 10.4 Å². The van der Waals surface area contributed by atoms with Gasteiger partial charge in [0, 0.05) is 29.4 Å². The number of esters is 2. The molecule has 5 aromatic rings. The number of fused-ring (bicyclic) bond motifs is 11. The van der Waals surface area contributed by atoms with Crippen molar-refractivity contribution in [1.29, 1.82) is 0 Å². The van der Waals surface area contributed by atoms with E-state index >= 15 is 0 Å². The first-order valence-corrected chi connectivity index (χ1v) is 22.8. The number of carbonyl (C=O) groups excluding carboxylic acids is 2. The summed E-state index contributed by atoms with van der Waals surface area (Å²) in [4.78, 5) is 42.7. The average Bonchev–Trinajstić information content (AvgIpc) is 3.27. The maximum Gasteiger partial charge on any atom is 0.336 e. The lowest BCUT2D eigenvalue weighted by molar-refractivity contribution is -0.201. The molecular weight excluding hydrogens is 777 g/mol. The van der Waals surface area contributed by atoms with Gasteiger partial charge in [-0.25, -0.2) is 9.59 Å². The van der Waals surface area contributed by atoms with Gasteiger partial charge in [0.15, 0.2) is 12.2 Å². The fourth-order valence-electron chi connectivity index (χ4n) is 11.2. The Labute approximate surface area is 364 Å². The van der Waals surface area contributed by atoms with Gasteiger partial charge >= 0.3 is 17.6 Å². The topological polar surface area (TPSA) is 112 Å². The Morgan fingerprint density at radius 1 is 0.774 bits per heavy atom. The zero-order valence-corrected chi connectivity index (χ0v) is 36.2. The molecule has 10 rings (SSSR count). The van der Waals surface area contributed by atoms with Crippen molar-refractivity contribution in [2.24, 2.45) is 11.8 Å². The summed E-state index contributed by atoms with van der Waals surface area (Å²) in [7, 11) is 0. The van der Waals surface area contributed by atoms with Gasteiger partial charge in [-0.15, -0.1) is 0 Å². The highest BCUT2D eigenvalue weighted by Crippen LogP contribution is 2.53. The molecule has 0 saturated heterocycles. The van der Waals surface area contributed by atoms with Crippen molar-refractivity contribution in [2.45, 2.75) is 134 Å². The van der Waals surface area contributed by atoms with E-state index in [1.165, 1.54) is 28.3 Å². The fourth-order valence-corrected chi connectivity index (χ4v) is 11.2. The van der Waals surface area contributed by atoms with E-state index < -0.39 is 42.0 Å². The van der Waals surface area contributed by atoms with Crippen LogP contribution in [0.3, 0.4) is 0 Å². The highest BCUT2D eigenvalue weighted by molar-refractivity contribution is 5.90. The van der Waals surface area contributed by atoms with E-state index in [0.29, 0.717) is 40.7 Å². The summed E-state index contributed by atoms with van der Waals surface area (Å²) in [5.41, 5.74) is 6.75. The molecule has 62 heavy (non-hydrogen) atoms. The number of aliphatic hydroxyl groups is 1. The molecule has 2 saturated carbocycles. The van der Waals surface area contributed by atoms with E-state index in [-0.39, 0.29) is 35.7 Å². The summed E-state index contributed by atoms with van der Waals surface area (Å²) in [5, 5.41) is 10.9. The van der Waals surface area contributed by atoms with E-state index in [1.54, 1.807) is 12.1 Å². The van der Waals surface area contributed by atoms with Gasteiger partial charge in [0.25, 0.3) is 0 Å². The highest BCUT2D eigenvalue weighted by atomic mass is 16.6. The molecule has 1 N–H and O–H groups in total. The Balaban J connectivity index is 1.14. The first-order valence-electron chi connectivity index (χ1n) is 22.8. The van der Waals surface area contributed by atoms with Crippen LogP contribution in [0, 0.1) is 11.8 Å². The normalized spacial score (nSPS) is 25.8. The third-order valence-electron chi connectivity index (χ3n) is 14.5. The number of benzene rings is 4. The molecule has 3 aliphatic heterocycles. The van der Waals surface area contributed by atoms with Crippen LogP contribution >= 0.6 is 0 Å². The van der Waals surface area contributed by atoms with E-state index in [9.17, 15) is 19.5 Å². The van der Waals surface area contributed by atoms with Crippen LogP contribution in [0.25, 0.3) is 11.0 Å². The van der Waals surface area contributed by atoms with Crippen LogP contribution in [0.15, 0.2) is 117 Å². The van der Waals surface area contributed by atoms with Crippen molar-refractivity contribution >= 4 is 22.9 Å². The van der Waals surface area contributed by atoms with Crippen molar-refractivity contribution in [3.63, 3.8) is 0 Å². The number of aliphatic hydroxyl groups excluding tert-OH is 1. The Bertz CT molecular complexity index is 2530. The fraction of sp³-hybridized carbons (Fsp3) is 0.426. The van der Waals surface area contributed by atoms with Crippen LogP contribution in [0.4, 0.5) is 0 Å². The van der Waals surface area contributed by atoms with Crippen LogP contribution in [-0.4, -0.2) is 28.8 Å². The second-order valence-corrected chi connectivity index (χ2v) is 18.7. The number of hydrogen-bond donors (Lipinski definition) is 1. The molecule has 8 nitrogen and oxygen atoms in total. The first-order chi connectivity index (χ1) is 30.1. The zero-order valence-electron chi connectivity index (χ0n) is 36.2. The Morgan fingerprint density at radius 3 is 2.31 bits per heavy atom. The molecule has 8 heteroatoms. The van der Waals surface area contributed by atoms with Gasteiger partial charge in [0.05, 0.1) is 12.2 Å². The van der Waals surface area contributed by atoms with Gasteiger partial charge in [-0.2, -0.15) is 0 Å². The number of hydrogen-bond acceptors (Lipinski definition) is 8. The third kappa shape index (κ3) is 8.38. The number of carbonyl (C=O) groups is 2. The molecule has 1 aromatic heterocycles. The van der Waals surface area contributed by atoms with E-state index in [2.05, 4.69) is 72.8 Å². The summed E-state index contributed by atoms with van der Waals surface area (Å²) in [5.74, 6) is -0.119. The van der Waals surface area contributed by atoms with Crippen molar-refractivity contribution in [1.82, 2.24) is 0 Å². The summed E-state index contributed by atoms with van der Waals surface area (Å²) < 4.78 is 26.5. The number of allylic oxidation sites excluding steroid dienone is 1. The minimum absolute atomic E-state index is 0.00488. The lowest BCUT2D eigenvalue weighted by atomic mass is 9.68. The summed E-state index contributed by atoms with van der Waals surface area (Å²) in [6, 6.07) is 33.1. The van der Waals surface area contributed by atoms with Crippen LogP contribution in [-0.2, 0) is 38.5 Å². The molecule has 2 fully saturated rings.